The van der Waals surface area contributed by atoms with Gasteiger partial charge in [0, 0.05) is 16.1 Å². The number of likely N-dealkylation sites (N-methyl/N-ethyl adjacent to an activating group) is 1. The zero-order valence-electron chi connectivity index (χ0n) is 12.9. The summed E-state index contributed by atoms with van der Waals surface area (Å²) >= 11 is 12.2. The van der Waals surface area contributed by atoms with Crippen LogP contribution in [0.5, 0.6) is 0 Å². The maximum absolute atomic E-state index is 6.27. The summed E-state index contributed by atoms with van der Waals surface area (Å²) in [6, 6.07) is 6.28. The Balaban J connectivity index is 2.61. The Bertz CT molecular complexity index is 393. The van der Waals surface area contributed by atoms with Gasteiger partial charge in [-0.05, 0) is 43.5 Å². The summed E-state index contributed by atoms with van der Waals surface area (Å²) in [7, 11) is 2.04. The smallest absolute Gasteiger partial charge is 0.0453 e. The summed E-state index contributed by atoms with van der Waals surface area (Å²) in [6.45, 7) is 4.55. The number of hydrogen-bond donors (Lipinski definition) is 1. The van der Waals surface area contributed by atoms with E-state index in [-0.39, 0.29) is 0 Å². The van der Waals surface area contributed by atoms with Gasteiger partial charge < -0.3 is 5.32 Å². The predicted molar refractivity (Wildman–Crippen MR) is 90.9 cm³/mol. The van der Waals surface area contributed by atoms with Crippen LogP contribution in [-0.4, -0.2) is 13.1 Å². The van der Waals surface area contributed by atoms with E-state index in [0.29, 0.717) is 11.1 Å². The Hall–Kier alpha value is -0.240. The van der Waals surface area contributed by atoms with Gasteiger partial charge >= 0.3 is 0 Å². The van der Waals surface area contributed by atoms with Gasteiger partial charge in [-0.1, -0.05) is 68.8 Å². The number of benzene rings is 1. The number of nitrogens with one attached hydrogen (secondary N) is 1. The Morgan fingerprint density at radius 2 is 1.95 bits per heavy atom. The minimum atomic E-state index is 0.482. The fraction of sp³-hybridized carbons (Fsp3) is 0.647. The molecule has 1 aromatic rings. The van der Waals surface area contributed by atoms with Crippen LogP contribution >= 0.6 is 23.2 Å². The van der Waals surface area contributed by atoms with Gasteiger partial charge in [0.05, 0.1) is 0 Å². The molecule has 0 saturated carbocycles. The van der Waals surface area contributed by atoms with Crippen molar-refractivity contribution < 1.29 is 0 Å². The van der Waals surface area contributed by atoms with Crippen LogP contribution in [0.15, 0.2) is 18.2 Å². The van der Waals surface area contributed by atoms with E-state index < -0.39 is 0 Å². The number of hydrogen-bond acceptors (Lipinski definition) is 1. The van der Waals surface area contributed by atoms with Crippen LogP contribution in [0.2, 0.25) is 10.0 Å². The van der Waals surface area contributed by atoms with Gasteiger partial charge in [-0.2, -0.15) is 0 Å². The van der Waals surface area contributed by atoms with E-state index >= 15 is 0 Å². The van der Waals surface area contributed by atoms with Crippen molar-refractivity contribution in [3.05, 3.63) is 33.8 Å². The topological polar surface area (TPSA) is 12.0 Å². The van der Waals surface area contributed by atoms with Gasteiger partial charge in [0.25, 0.3) is 0 Å². The number of unbranched alkanes of at least 4 members (excludes halogenated alkanes) is 1. The molecule has 0 radical (unpaired) electrons. The largest absolute Gasteiger partial charge is 0.317 e. The average molecular weight is 316 g/mol. The molecule has 0 aromatic heterocycles. The molecule has 2 unspecified atom stereocenters. The van der Waals surface area contributed by atoms with E-state index in [4.69, 9.17) is 23.2 Å². The first-order valence-corrected chi connectivity index (χ1v) is 8.47. The Morgan fingerprint density at radius 1 is 1.20 bits per heavy atom. The zero-order valence-corrected chi connectivity index (χ0v) is 14.4. The van der Waals surface area contributed by atoms with Gasteiger partial charge in [-0.3, -0.25) is 0 Å². The molecule has 1 rings (SSSR count). The molecule has 1 N–H and O–H groups in total. The van der Waals surface area contributed by atoms with Gasteiger partial charge in [0.1, 0.15) is 0 Å². The molecule has 0 fully saturated rings. The van der Waals surface area contributed by atoms with Gasteiger partial charge in [0.2, 0.25) is 0 Å². The van der Waals surface area contributed by atoms with E-state index in [0.717, 1.165) is 17.4 Å². The third-order valence-corrected chi connectivity index (χ3v) is 4.64. The first-order chi connectivity index (χ1) is 9.60. The van der Waals surface area contributed by atoms with E-state index in [9.17, 15) is 0 Å². The molecule has 114 valence electrons. The molecular formula is C17H27Cl2N. The van der Waals surface area contributed by atoms with E-state index in [1.54, 1.807) is 0 Å². The highest BCUT2D eigenvalue weighted by atomic mass is 35.5. The minimum Gasteiger partial charge on any atom is -0.317 e. The van der Waals surface area contributed by atoms with Crippen LogP contribution in [0.4, 0.5) is 0 Å². The second-order valence-corrected chi connectivity index (χ2v) is 6.42. The normalized spacial score (nSPS) is 14.2. The molecule has 0 aliphatic heterocycles. The maximum atomic E-state index is 6.27. The maximum Gasteiger partial charge on any atom is 0.0453 e. The molecule has 0 bridgehead atoms. The first kappa shape index (κ1) is 17.8. The number of rotatable bonds is 9. The second kappa shape index (κ2) is 9.65. The molecule has 0 amide bonds. The lowest BCUT2D eigenvalue weighted by molar-refractivity contribution is 0.358. The third-order valence-electron chi connectivity index (χ3n) is 4.05. The molecule has 3 heteroatoms. The highest BCUT2D eigenvalue weighted by Gasteiger charge is 2.15. The molecule has 0 spiro atoms. The second-order valence-electron chi connectivity index (χ2n) is 5.58. The fourth-order valence-corrected chi connectivity index (χ4v) is 3.13. The van der Waals surface area contributed by atoms with Crippen LogP contribution in [0.25, 0.3) is 0 Å². The standard InChI is InChI=1S/C17H27Cl2N/c1-4-6-7-13(5-2)10-16(20-3)11-14-8-9-15(18)12-17(14)19/h8-9,12-13,16,20H,4-7,10-11H2,1-3H3. The summed E-state index contributed by atoms with van der Waals surface area (Å²) in [4.78, 5) is 0. The third kappa shape index (κ3) is 6.03. The molecule has 0 aliphatic rings. The van der Waals surface area contributed by atoms with Crippen molar-refractivity contribution in [2.75, 3.05) is 7.05 Å². The molecule has 1 aromatic carbocycles. The van der Waals surface area contributed by atoms with Crippen molar-refractivity contribution in [1.82, 2.24) is 5.32 Å². The molecule has 0 saturated heterocycles. The fourth-order valence-electron chi connectivity index (χ4n) is 2.64. The monoisotopic (exact) mass is 315 g/mol. The summed E-state index contributed by atoms with van der Waals surface area (Å²) in [5.41, 5.74) is 1.18. The van der Waals surface area contributed by atoms with Crippen LogP contribution < -0.4 is 5.32 Å². The Labute approximate surface area is 134 Å². The summed E-state index contributed by atoms with van der Waals surface area (Å²) < 4.78 is 0. The average Bonchev–Trinajstić information content (AvgIpc) is 2.44. The molecule has 2 atom stereocenters. The lowest BCUT2D eigenvalue weighted by Crippen LogP contribution is -2.30. The van der Waals surface area contributed by atoms with Gasteiger partial charge in [-0.15, -0.1) is 0 Å². The summed E-state index contributed by atoms with van der Waals surface area (Å²) in [5, 5.41) is 4.92. The van der Waals surface area contributed by atoms with Crippen LogP contribution in [0.1, 0.15) is 51.5 Å². The number of halogens is 2. The Kier molecular flexibility index (Phi) is 8.60. The van der Waals surface area contributed by atoms with Crippen LogP contribution in [-0.2, 0) is 6.42 Å². The van der Waals surface area contributed by atoms with Crippen LogP contribution in [0, 0.1) is 5.92 Å². The minimum absolute atomic E-state index is 0.482. The first-order valence-electron chi connectivity index (χ1n) is 7.71. The van der Waals surface area contributed by atoms with E-state index in [1.165, 1.54) is 37.7 Å². The highest BCUT2D eigenvalue weighted by molar-refractivity contribution is 6.35. The quantitative estimate of drug-likeness (QED) is 0.613. The zero-order chi connectivity index (χ0) is 15.0. The van der Waals surface area contributed by atoms with Crippen molar-refractivity contribution in [3.63, 3.8) is 0 Å². The lowest BCUT2D eigenvalue weighted by Gasteiger charge is -2.23. The molecular weight excluding hydrogens is 289 g/mol. The SMILES string of the molecule is CCCCC(CC)CC(Cc1ccc(Cl)cc1Cl)NC. The van der Waals surface area contributed by atoms with Crippen molar-refractivity contribution in [2.24, 2.45) is 5.92 Å². The molecule has 20 heavy (non-hydrogen) atoms. The van der Waals surface area contributed by atoms with Crippen molar-refractivity contribution in [2.45, 2.75) is 58.4 Å². The van der Waals surface area contributed by atoms with E-state index in [2.05, 4.69) is 19.2 Å². The predicted octanol–water partition coefficient (Wildman–Crippen LogP) is 5.73. The van der Waals surface area contributed by atoms with Gasteiger partial charge in [0.15, 0.2) is 0 Å². The molecule has 0 heterocycles. The lowest BCUT2D eigenvalue weighted by atomic mass is 9.89. The molecule has 0 aliphatic carbocycles. The summed E-state index contributed by atoms with van der Waals surface area (Å²) in [5.74, 6) is 0.804. The van der Waals surface area contributed by atoms with Crippen molar-refractivity contribution in [3.8, 4) is 0 Å². The Morgan fingerprint density at radius 3 is 2.50 bits per heavy atom. The van der Waals surface area contributed by atoms with Crippen LogP contribution in [0.3, 0.4) is 0 Å². The van der Waals surface area contributed by atoms with Gasteiger partial charge in [-0.25, -0.2) is 0 Å². The van der Waals surface area contributed by atoms with E-state index in [1.807, 2.05) is 25.2 Å². The highest BCUT2D eigenvalue weighted by Crippen LogP contribution is 2.25. The summed E-state index contributed by atoms with van der Waals surface area (Å²) in [6.07, 6.45) is 7.38. The van der Waals surface area contributed by atoms with Crippen molar-refractivity contribution in [1.29, 1.82) is 0 Å². The molecule has 1 nitrogen and oxygen atoms in total. The van der Waals surface area contributed by atoms with Crippen molar-refractivity contribution >= 4 is 23.2 Å².